The van der Waals surface area contributed by atoms with E-state index in [9.17, 15) is 4.79 Å². The van der Waals surface area contributed by atoms with Crippen LogP contribution in [0.15, 0.2) is 30.3 Å². The lowest BCUT2D eigenvalue weighted by molar-refractivity contribution is -0.147. The van der Waals surface area contributed by atoms with Gasteiger partial charge in [0.25, 0.3) is 0 Å². The molecule has 1 heterocycles. The first-order chi connectivity index (χ1) is 13.3. The summed E-state index contributed by atoms with van der Waals surface area (Å²) >= 11 is 0. The van der Waals surface area contributed by atoms with E-state index in [-0.39, 0.29) is 12.4 Å². The van der Waals surface area contributed by atoms with Gasteiger partial charge in [0.2, 0.25) is 0 Å². The Hall–Kier alpha value is -2.49. The molecule has 0 unspecified atom stereocenters. The van der Waals surface area contributed by atoms with Gasteiger partial charge in [-0.25, -0.2) is 0 Å². The first-order valence-corrected chi connectivity index (χ1v) is 9.98. The van der Waals surface area contributed by atoms with Gasteiger partial charge in [-0.15, -0.1) is 0 Å². The van der Waals surface area contributed by atoms with Gasteiger partial charge in [0.15, 0.2) is 0 Å². The molecule has 1 atom stereocenters. The normalized spacial score (nSPS) is 18.2. The number of benzene rings is 2. The molecular formula is C24H30O4. The van der Waals surface area contributed by atoms with Crippen LogP contribution < -0.4 is 9.47 Å². The number of hydrogen-bond acceptors (Lipinski definition) is 4. The smallest absolute Gasteiger partial charge is 0.309 e. The van der Waals surface area contributed by atoms with Crippen LogP contribution in [-0.2, 0) is 22.6 Å². The van der Waals surface area contributed by atoms with Crippen molar-refractivity contribution >= 4 is 5.97 Å². The zero-order valence-electron chi connectivity index (χ0n) is 17.6. The molecule has 1 aliphatic rings. The molecule has 4 heteroatoms. The Morgan fingerprint density at radius 1 is 1.11 bits per heavy atom. The molecule has 28 heavy (non-hydrogen) atoms. The molecule has 2 aromatic carbocycles. The van der Waals surface area contributed by atoms with E-state index in [4.69, 9.17) is 14.2 Å². The first-order valence-electron chi connectivity index (χ1n) is 9.98. The second-order valence-electron chi connectivity index (χ2n) is 7.82. The van der Waals surface area contributed by atoms with Gasteiger partial charge in [-0.05, 0) is 69.7 Å². The average molecular weight is 383 g/mol. The van der Waals surface area contributed by atoms with Crippen molar-refractivity contribution in [3.63, 3.8) is 0 Å². The number of esters is 1. The van der Waals surface area contributed by atoms with Gasteiger partial charge in [0.1, 0.15) is 23.7 Å². The van der Waals surface area contributed by atoms with E-state index in [1.54, 1.807) is 0 Å². The summed E-state index contributed by atoms with van der Waals surface area (Å²) in [5.74, 6) is 1.64. The van der Waals surface area contributed by atoms with Gasteiger partial charge in [-0.3, -0.25) is 4.79 Å². The SMILES string of the molecule is CCOC(=O)C[C@]1(C)CCc2c(C)c(OCc3ccccc3)c(C)c(C)c2O1. The molecule has 0 N–H and O–H groups in total. The summed E-state index contributed by atoms with van der Waals surface area (Å²) in [4.78, 5) is 12.0. The van der Waals surface area contributed by atoms with Crippen LogP contribution in [0.1, 0.15) is 54.5 Å². The monoisotopic (exact) mass is 382 g/mol. The van der Waals surface area contributed by atoms with Gasteiger partial charge >= 0.3 is 5.97 Å². The Morgan fingerprint density at radius 3 is 2.50 bits per heavy atom. The molecule has 150 valence electrons. The molecule has 0 fully saturated rings. The average Bonchev–Trinajstić information content (AvgIpc) is 2.67. The van der Waals surface area contributed by atoms with E-state index in [0.717, 1.165) is 46.6 Å². The van der Waals surface area contributed by atoms with Crippen LogP contribution in [0.4, 0.5) is 0 Å². The summed E-state index contributed by atoms with van der Waals surface area (Å²) in [6, 6.07) is 10.2. The third-order valence-corrected chi connectivity index (χ3v) is 5.61. The predicted molar refractivity (Wildman–Crippen MR) is 110 cm³/mol. The standard InChI is InChI=1S/C24H30O4/c1-6-26-21(25)14-24(5)13-12-20-18(4)22(16(2)17(3)23(20)28-24)27-15-19-10-8-7-9-11-19/h7-11H,6,12-15H2,1-5H3/t24-/m0/s1. The first kappa shape index (κ1) is 20.2. The Balaban J connectivity index is 1.85. The van der Waals surface area contributed by atoms with Crippen molar-refractivity contribution in [1.29, 1.82) is 0 Å². The zero-order valence-corrected chi connectivity index (χ0v) is 17.6. The molecule has 0 amide bonds. The highest BCUT2D eigenvalue weighted by Gasteiger charge is 2.37. The molecule has 0 saturated heterocycles. The lowest BCUT2D eigenvalue weighted by atomic mass is 9.85. The molecule has 0 saturated carbocycles. The minimum Gasteiger partial charge on any atom is -0.488 e. The second-order valence-corrected chi connectivity index (χ2v) is 7.82. The van der Waals surface area contributed by atoms with Crippen molar-refractivity contribution in [2.45, 2.75) is 66.1 Å². The second kappa shape index (κ2) is 8.26. The van der Waals surface area contributed by atoms with Gasteiger partial charge in [0, 0.05) is 5.56 Å². The summed E-state index contributed by atoms with van der Waals surface area (Å²) in [6.07, 6.45) is 1.91. The third-order valence-electron chi connectivity index (χ3n) is 5.61. The van der Waals surface area contributed by atoms with Crippen LogP contribution in [0.5, 0.6) is 11.5 Å². The Morgan fingerprint density at radius 2 is 1.82 bits per heavy atom. The number of carbonyl (C=O) groups excluding carboxylic acids is 1. The van der Waals surface area contributed by atoms with Crippen LogP contribution in [0.2, 0.25) is 0 Å². The molecule has 0 radical (unpaired) electrons. The maximum Gasteiger partial charge on any atom is 0.309 e. The molecule has 3 rings (SSSR count). The van der Waals surface area contributed by atoms with Crippen LogP contribution >= 0.6 is 0 Å². The maximum absolute atomic E-state index is 12.0. The highest BCUT2D eigenvalue weighted by Crippen LogP contribution is 2.44. The molecule has 0 bridgehead atoms. The summed E-state index contributed by atoms with van der Waals surface area (Å²) in [6.45, 7) is 11.0. The number of carbonyl (C=O) groups is 1. The lowest BCUT2D eigenvalue weighted by Gasteiger charge is -2.37. The third kappa shape index (κ3) is 4.16. The molecule has 0 spiro atoms. The van der Waals surface area contributed by atoms with Gasteiger partial charge in [0.05, 0.1) is 13.0 Å². The van der Waals surface area contributed by atoms with Gasteiger partial charge < -0.3 is 14.2 Å². The number of ether oxygens (including phenoxy) is 3. The minimum absolute atomic E-state index is 0.206. The number of rotatable bonds is 6. The van der Waals surface area contributed by atoms with Gasteiger partial charge in [-0.1, -0.05) is 30.3 Å². The number of hydrogen-bond donors (Lipinski definition) is 0. The van der Waals surface area contributed by atoms with E-state index in [1.165, 1.54) is 5.56 Å². The van der Waals surface area contributed by atoms with E-state index in [1.807, 2.05) is 32.0 Å². The van der Waals surface area contributed by atoms with Crippen LogP contribution in [0.3, 0.4) is 0 Å². The Kier molecular flexibility index (Phi) is 5.97. The minimum atomic E-state index is -0.532. The fourth-order valence-corrected chi connectivity index (χ4v) is 3.87. The quantitative estimate of drug-likeness (QED) is 0.642. The van der Waals surface area contributed by atoms with Crippen LogP contribution in [-0.4, -0.2) is 18.2 Å². The summed E-state index contributed by atoms with van der Waals surface area (Å²) in [7, 11) is 0. The predicted octanol–water partition coefficient (Wildman–Crippen LogP) is 5.23. The highest BCUT2D eigenvalue weighted by molar-refractivity contribution is 5.71. The van der Waals surface area contributed by atoms with Crippen molar-refractivity contribution < 1.29 is 19.0 Å². The summed E-state index contributed by atoms with van der Waals surface area (Å²) < 4.78 is 17.7. The fourth-order valence-electron chi connectivity index (χ4n) is 3.87. The van der Waals surface area contributed by atoms with Crippen molar-refractivity contribution in [2.75, 3.05) is 6.61 Å². The van der Waals surface area contributed by atoms with Crippen LogP contribution in [0.25, 0.3) is 0 Å². The Labute approximate surface area is 167 Å². The fraction of sp³-hybridized carbons (Fsp3) is 0.458. The van der Waals surface area contributed by atoms with Crippen molar-refractivity contribution in [2.24, 2.45) is 0 Å². The van der Waals surface area contributed by atoms with Gasteiger partial charge in [-0.2, -0.15) is 0 Å². The van der Waals surface area contributed by atoms with E-state index in [0.29, 0.717) is 13.2 Å². The molecule has 0 aliphatic carbocycles. The maximum atomic E-state index is 12.0. The zero-order chi connectivity index (χ0) is 20.3. The van der Waals surface area contributed by atoms with Crippen molar-refractivity contribution in [3.05, 3.63) is 58.1 Å². The summed E-state index contributed by atoms with van der Waals surface area (Å²) in [5.41, 5.74) is 5.11. The van der Waals surface area contributed by atoms with E-state index >= 15 is 0 Å². The van der Waals surface area contributed by atoms with E-state index < -0.39 is 5.60 Å². The number of fused-ring (bicyclic) bond motifs is 1. The lowest BCUT2D eigenvalue weighted by Crippen LogP contribution is -2.39. The molecule has 1 aliphatic heterocycles. The largest absolute Gasteiger partial charge is 0.488 e. The molecular weight excluding hydrogens is 352 g/mol. The topological polar surface area (TPSA) is 44.8 Å². The summed E-state index contributed by atoms with van der Waals surface area (Å²) in [5, 5.41) is 0. The van der Waals surface area contributed by atoms with Crippen molar-refractivity contribution in [3.8, 4) is 11.5 Å². The molecule has 2 aromatic rings. The molecule has 0 aromatic heterocycles. The van der Waals surface area contributed by atoms with E-state index in [2.05, 4.69) is 32.9 Å². The molecule has 4 nitrogen and oxygen atoms in total. The highest BCUT2D eigenvalue weighted by atomic mass is 16.5. The van der Waals surface area contributed by atoms with Crippen LogP contribution in [0, 0.1) is 20.8 Å². The van der Waals surface area contributed by atoms with Crippen molar-refractivity contribution in [1.82, 2.24) is 0 Å². The Bertz CT molecular complexity index is 857.